The summed E-state index contributed by atoms with van der Waals surface area (Å²) in [4.78, 5) is 24.5. The highest BCUT2D eigenvalue weighted by atomic mass is 16.5. The number of ether oxygens (including phenoxy) is 2. The Kier molecular flexibility index (Phi) is 6.70. The van der Waals surface area contributed by atoms with Crippen LogP contribution in [-0.2, 0) is 6.54 Å². The predicted molar refractivity (Wildman–Crippen MR) is 131 cm³/mol. The van der Waals surface area contributed by atoms with Gasteiger partial charge in [-0.05, 0) is 54.8 Å². The number of rotatable bonds is 7. The lowest BCUT2D eigenvalue weighted by atomic mass is 9.93. The minimum atomic E-state index is 0.0268. The molecule has 3 heterocycles. The fraction of sp³-hybridized carbons (Fsp3) is 0.259. The molecule has 1 saturated heterocycles. The number of likely N-dealkylation sites (tertiary alicyclic amines) is 1. The molecule has 0 N–H and O–H groups in total. The van der Waals surface area contributed by atoms with Crippen molar-refractivity contribution < 1.29 is 14.3 Å². The van der Waals surface area contributed by atoms with E-state index in [1.165, 1.54) is 0 Å². The minimum absolute atomic E-state index is 0.0268. The molecule has 1 aliphatic heterocycles. The van der Waals surface area contributed by atoms with E-state index in [9.17, 15) is 4.79 Å². The molecule has 0 unspecified atom stereocenters. The second-order valence-electron chi connectivity index (χ2n) is 8.48. The number of aromatic nitrogens is 4. The van der Waals surface area contributed by atoms with Crippen molar-refractivity contribution >= 4 is 5.91 Å². The average Bonchev–Trinajstić information content (AvgIpc) is 3.43. The Morgan fingerprint density at radius 1 is 1.00 bits per heavy atom. The summed E-state index contributed by atoms with van der Waals surface area (Å²) in [5.41, 5.74) is 2.43. The van der Waals surface area contributed by atoms with Gasteiger partial charge in [0.1, 0.15) is 17.2 Å². The first-order valence-electron chi connectivity index (χ1n) is 11.7. The lowest BCUT2D eigenvalue weighted by Crippen LogP contribution is -2.39. The Morgan fingerprint density at radius 2 is 1.80 bits per heavy atom. The van der Waals surface area contributed by atoms with Gasteiger partial charge in [0.15, 0.2) is 0 Å². The lowest BCUT2D eigenvalue weighted by molar-refractivity contribution is 0.0703. The van der Waals surface area contributed by atoms with Crippen molar-refractivity contribution in [2.24, 2.45) is 0 Å². The van der Waals surface area contributed by atoms with Gasteiger partial charge >= 0.3 is 0 Å². The molecule has 1 atom stereocenters. The summed E-state index contributed by atoms with van der Waals surface area (Å²) in [6.45, 7) is 1.82. The topological polar surface area (TPSA) is 82.4 Å². The third-order valence-electron chi connectivity index (χ3n) is 6.20. The minimum Gasteiger partial charge on any atom is -0.497 e. The van der Waals surface area contributed by atoms with E-state index in [-0.39, 0.29) is 11.8 Å². The van der Waals surface area contributed by atoms with Gasteiger partial charge in [0.05, 0.1) is 13.7 Å². The molecule has 8 nitrogen and oxygen atoms in total. The van der Waals surface area contributed by atoms with E-state index in [0.29, 0.717) is 36.8 Å². The van der Waals surface area contributed by atoms with Crippen LogP contribution in [0, 0.1) is 0 Å². The van der Waals surface area contributed by atoms with Crippen LogP contribution >= 0.6 is 0 Å². The van der Waals surface area contributed by atoms with Gasteiger partial charge in [-0.2, -0.15) is 5.10 Å². The molecule has 1 aliphatic rings. The first-order chi connectivity index (χ1) is 17.2. The van der Waals surface area contributed by atoms with Crippen LogP contribution in [0.5, 0.6) is 17.4 Å². The summed E-state index contributed by atoms with van der Waals surface area (Å²) < 4.78 is 13.1. The number of methoxy groups -OCH3 is 1. The third kappa shape index (κ3) is 5.16. The molecule has 8 heteroatoms. The molecule has 0 aliphatic carbocycles. The summed E-state index contributed by atoms with van der Waals surface area (Å²) in [7, 11) is 1.63. The number of hydrogen-bond donors (Lipinski definition) is 0. The number of carbonyl (C=O) groups is 1. The van der Waals surface area contributed by atoms with Gasteiger partial charge < -0.3 is 14.4 Å². The van der Waals surface area contributed by atoms with Gasteiger partial charge in [-0.25, -0.2) is 4.98 Å². The average molecular weight is 470 g/mol. The Bertz CT molecular complexity index is 1270. The molecule has 5 rings (SSSR count). The van der Waals surface area contributed by atoms with Crippen LogP contribution < -0.4 is 9.47 Å². The van der Waals surface area contributed by atoms with Gasteiger partial charge in [-0.15, -0.1) is 0 Å². The van der Waals surface area contributed by atoms with E-state index in [1.54, 1.807) is 25.7 Å². The highest BCUT2D eigenvalue weighted by Gasteiger charge is 2.29. The van der Waals surface area contributed by atoms with E-state index in [2.05, 4.69) is 15.1 Å². The predicted octanol–water partition coefficient (Wildman–Crippen LogP) is 4.54. The van der Waals surface area contributed by atoms with E-state index in [1.807, 2.05) is 70.4 Å². The van der Waals surface area contributed by atoms with Gasteiger partial charge in [0.25, 0.3) is 5.91 Å². The lowest BCUT2D eigenvalue weighted by Gasteiger charge is -2.33. The number of carbonyl (C=O) groups excluding carboxylic acids is 1. The van der Waals surface area contributed by atoms with Crippen LogP contribution in [-0.4, -0.2) is 50.8 Å². The molecule has 178 valence electrons. The SMILES string of the molecule is COc1ccc(Oc2nccnc2[C@H]2CCCN(C(=O)c3ccccc3Cn3cccn3)C2)cc1. The van der Waals surface area contributed by atoms with Crippen molar-refractivity contribution in [2.75, 3.05) is 20.2 Å². The second-order valence-corrected chi connectivity index (χ2v) is 8.48. The summed E-state index contributed by atoms with van der Waals surface area (Å²) in [6, 6.07) is 17.0. The molecule has 35 heavy (non-hydrogen) atoms. The standard InChI is InChI=1S/C27H27N5O3/c1-34-22-9-11-23(12-10-22)35-26-25(28-14-15-29-26)21-7-4-16-31(18-21)27(33)24-8-3-2-6-20(24)19-32-17-5-13-30-32/h2-3,5-6,8-15,17,21H,4,7,16,18-19H2,1H3/t21-/m0/s1. The maximum absolute atomic E-state index is 13.6. The van der Waals surface area contributed by atoms with Gasteiger partial charge in [-0.1, -0.05) is 18.2 Å². The van der Waals surface area contributed by atoms with Crippen LogP contribution in [0.25, 0.3) is 0 Å². The zero-order chi connectivity index (χ0) is 24.0. The number of hydrogen-bond acceptors (Lipinski definition) is 6. The maximum atomic E-state index is 13.6. The van der Waals surface area contributed by atoms with Crippen LogP contribution in [0.2, 0.25) is 0 Å². The molecule has 0 bridgehead atoms. The molecule has 0 spiro atoms. The van der Waals surface area contributed by atoms with Crippen LogP contribution in [0.15, 0.2) is 79.4 Å². The summed E-state index contributed by atoms with van der Waals surface area (Å²) in [5.74, 6) is 1.94. The Labute approximate surface area is 204 Å². The fourth-order valence-corrected chi connectivity index (χ4v) is 4.44. The first kappa shape index (κ1) is 22.6. The third-order valence-corrected chi connectivity index (χ3v) is 6.20. The Morgan fingerprint density at radius 3 is 2.60 bits per heavy atom. The second kappa shape index (κ2) is 10.4. The van der Waals surface area contributed by atoms with E-state index < -0.39 is 0 Å². The van der Waals surface area contributed by atoms with Crippen molar-refractivity contribution in [3.8, 4) is 17.4 Å². The smallest absolute Gasteiger partial charge is 0.254 e. The zero-order valence-corrected chi connectivity index (χ0v) is 19.6. The monoisotopic (exact) mass is 469 g/mol. The number of benzene rings is 2. The summed E-state index contributed by atoms with van der Waals surface area (Å²) >= 11 is 0. The molecule has 2 aromatic heterocycles. The van der Waals surface area contributed by atoms with Gasteiger partial charge in [-0.3, -0.25) is 14.5 Å². The molecule has 0 saturated carbocycles. The Hall–Kier alpha value is -4.20. The van der Waals surface area contributed by atoms with Crippen LogP contribution in [0.1, 0.15) is 40.4 Å². The number of nitrogens with zero attached hydrogens (tertiary/aromatic N) is 5. The van der Waals surface area contributed by atoms with E-state index in [4.69, 9.17) is 9.47 Å². The molecule has 0 radical (unpaired) electrons. The maximum Gasteiger partial charge on any atom is 0.254 e. The zero-order valence-electron chi connectivity index (χ0n) is 19.6. The first-order valence-corrected chi connectivity index (χ1v) is 11.7. The van der Waals surface area contributed by atoms with Gasteiger partial charge in [0.2, 0.25) is 5.88 Å². The quantitative estimate of drug-likeness (QED) is 0.395. The molecule has 1 amide bonds. The Balaban J connectivity index is 1.34. The van der Waals surface area contributed by atoms with Crippen LogP contribution in [0.4, 0.5) is 0 Å². The highest BCUT2D eigenvalue weighted by Crippen LogP contribution is 2.33. The van der Waals surface area contributed by atoms with Crippen molar-refractivity contribution in [3.63, 3.8) is 0 Å². The normalized spacial score (nSPS) is 15.6. The van der Waals surface area contributed by atoms with Gasteiger partial charge in [0, 0.05) is 49.4 Å². The molecule has 1 fully saturated rings. The van der Waals surface area contributed by atoms with E-state index >= 15 is 0 Å². The molecule has 4 aromatic rings. The van der Waals surface area contributed by atoms with Crippen LogP contribution in [0.3, 0.4) is 0 Å². The summed E-state index contributed by atoms with van der Waals surface area (Å²) in [6.07, 6.45) is 8.74. The van der Waals surface area contributed by atoms with Crippen molar-refractivity contribution in [3.05, 3.63) is 96.2 Å². The van der Waals surface area contributed by atoms with Crippen molar-refractivity contribution in [1.29, 1.82) is 0 Å². The molecular formula is C27H27N5O3. The molecule has 2 aromatic carbocycles. The number of amides is 1. The molecular weight excluding hydrogens is 442 g/mol. The largest absolute Gasteiger partial charge is 0.497 e. The van der Waals surface area contributed by atoms with Crippen molar-refractivity contribution in [2.45, 2.75) is 25.3 Å². The van der Waals surface area contributed by atoms with E-state index in [0.717, 1.165) is 29.8 Å². The fourth-order valence-electron chi connectivity index (χ4n) is 4.44. The number of piperidine rings is 1. The summed E-state index contributed by atoms with van der Waals surface area (Å²) in [5, 5.41) is 4.29. The van der Waals surface area contributed by atoms with Crippen molar-refractivity contribution in [1.82, 2.24) is 24.6 Å². The highest BCUT2D eigenvalue weighted by molar-refractivity contribution is 5.95.